The van der Waals surface area contributed by atoms with Gasteiger partial charge in [0, 0.05) is 11.6 Å². The maximum Gasteiger partial charge on any atom is 0.132 e. The predicted molar refractivity (Wildman–Crippen MR) is 66.6 cm³/mol. The maximum absolute atomic E-state index is 13.5. The van der Waals surface area contributed by atoms with E-state index in [-0.39, 0.29) is 0 Å². The minimum atomic E-state index is -0.789. The Morgan fingerprint density at radius 1 is 1.35 bits per heavy atom. The van der Waals surface area contributed by atoms with E-state index >= 15 is 0 Å². The van der Waals surface area contributed by atoms with Gasteiger partial charge in [0.15, 0.2) is 0 Å². The van der Waals surface area contributed by atoms with Crippen molar-refractivity contribution in [3.8, 4) is 5.75 Å². The monoisotopic (exact) mass is 240 g/mol. The van der Waals surface area contributed by atoms with Gasteiger partial charge in [-0.25, -0.2) is 4.39 Å². The summed E-state index contributed by atoms with van der Waals surface area (Å²) >= 11 is 0. The second-order valence-electron chi connectivity index (χ2n) is 4.56. The summed E-state index contributed by atoms with van der Waals surface area (Å²) in [6, 6.07) is 4.60. The first-order valence-corrected chi connectivity index (χ1v) is 6.14. The Morgan fingerprint density at radius 3 is 2.59 bits per heavy atom. The summed E-state index contributed by atoms with van der Waals surface area (Å²) < 4.78 is 19.0. The van der Waals surface area contributed by atoms with Crippen LogP contribution in [0.4, 0.5) is 4.39 Å². The van der Waals surface area contributed by atoms with Crippen LogP contribution >= 0.6 is 0 Å². The van der Waals surface area contributed by atoms with E-state index in [0.717, 1.165) is 12.8 Å². The first-order valence-electron chi connectivity index (χ1n) is 6.14. The van der Waals surface area contributed by atoms with Crippen LogP contribution in [0.5, 0.6) is 5.75 Å². The lowest BCUT2D eigenvalue weighted by Crippen LogP contribution is -2.08. The SMILES string of the molecule is CCCC(C)COc1ccc(C(C)O)c(F)c1. The summed E-state index contributed by atoms with van der Waals surface area (Å²) in [7, 11) is 0. The molecule has 0 bridgehead atoms. The molecule has 0 aliphatic heterocycles. The minimum Gasteiger partial charge on any atom is -0.493 e. The number of ether oxygens (including phenoxy) is 1. The summed E-state index contributed by atoms with van der Waals surface area (Å²) in [5.41, 5.74) is 0.305. The van der Waals surface area contributed by atoms with Crippen molar-refractivity contribution in [3.63, 3.8) is 0 Å². The van der Waals surface area contributed by atoms with Crippen molar-refractivity contribution >= 4 is 0 Å². The fourth-order valence-electron chi connectivity index (χ4n) is 1.75. The van der Waals surface area contributed by atoms with Crippen LogP contribution in [0, 0.1) is 11.7 Å². The van der Waals surface area contributed by atoms with Gasteiger partial charge in [-0.3, -0.25) is 0 Å². The third-order valence-corrected chi connectivity index (χ3v) is 2.74. The molecule has 0 aromatic heterocycles. The quantitative estimate of drug-likeness (QED) is 0.821. The molecule has 3 heteroatoms. The molecule has 2 nitrogen and oxygen atoms in total. The molecule has 0 aliphatic rings. The number of rotatable bonds is 6. The lowest BCUT2D eigenvalue weighted by atomic mass is 10.1. The Hall–Kier alpha value is -1.09. The van der Waals surface area contributed by atoms with Crippen LogP contribution in [-0.4, -0.2) is 11.7 Å². The third kappa shape index (κ3) is 4.35. The van der Waals surface area contributed by atoms with E-state index in [1.54, 1.807) is 19.1 Å². The summed E-state index contributed by atoms with van der Waals surface area (Å²) in [6.45, 7) is 6.39. The number of hydrogen-bond donors (Lipinski definition) is 1. The van der Waals surface area contributed by atoms with E-state index in [2.05, 4.69) is 13.8 Å². The Balaban J connectivity index is 2.58. The molecule has 96 valence electrons. The maximum atomic E-state index is 13.5. The van der Waals surface area contributed by atoms with Gasteiger partial charge in [-0.2, -0.15) is 0 Å². The van der Waals surface area contributed by atoms with Gasteiger partial charge in [-0.1, -0.05) is 20.3 Å². The molecule has 2 atom stereocenters. The van der Waals surface area contributed by atoms with Crippen molar-refractivity contribution in [2.24, 2.45) is 5.92 Å². The van der Waals surface area contributed by atoms with Crippen LogP contribution < -0.4 is 4.74 Å². The second kappa shape index (κ2) is 6.60. The van der Waals surface area contributed by atoms with Gasteiger partial charge in [0.1, 0.15) is 11.6 Å². The first-order chi connectivity index (χ1) is 8.04. The molecule has 1 rings (SSSR count). The molecule has 0 radical (unpaired) electrons. The molecule has 2 unspecified atom stereocenters. The Morgan fingerprint density at radius 2 is 2.06 bits per heavy atom. The number of hydrogen-bond acceptors (Lipinski definition) is 2. The Labute approximate surface area is 102 Å². The predicted octanol–water partition coefficient (Wildman–Crippen LogP) is 3.69. The van der Waals surface area contributed by atoms with Crippen LogP contribution in [0.1, 0.15) is 45.3 Å². The molecule has 1 N–H and O–H groups in total. The van der Waals surface area contributed by atoms with E-state index in [4.69, 9.17) is 4.74 Å². The molecule has 1 aromatic rings. The smallest absolute Gasteiger partial charge is 0.132 e. The van der Waals surface area contributed by atoms with Crippen molar-refractivity contribution in [2.45, 2.75) is 39.7 Å². The topological polar surface area (TPSA) is 29.5 Å². The highest BCUT2D eigenvalue weighted by Crippen LogP contribution is 2.22. The zero-order valence-corrected chi connectivity index (χ0v) is 10.7. The standard InChI is InChI=1S/C14H21FO2/c1-4-5-10(2)9-17-12-6-7-13(11(3)16)14(15)8-12/h6-8,10-11,16H,4-5,9H2,1-3H3. The molecule has 1 aromatic carbocycles. The van der Waals surface area contributed by atoms with Gasteiger partial charge in [0.05, 0.1) is 12.7 Å². The lowest BCUT2D eigenvalue weighted by Gasteiger charge is -2.13. The number of aliphatic hydroxyl groups is 1. The van der Waals surface area contributed by atoms with Crippen molar-refractivity contribution in [2.75, 3.05) is 6.61 Å². The van der Waals surface area contributed by atoms with E-state index in [9.17, 15) is 9.50 Å². The van der Waals surface area contributed by atoms with E-state index in [0.29, 0.717) is 23.8 Å². The molecule has 0 spiro atoms. The average Bonchev–Trinajstić information content (AvgIpc) is 2.26. The summed E-state index contributed by atoms with van der Waals surface area (Å²) in [4.78, 5) is 0. The first kappa shape index (κ1) is 14.0. The van der Waals surface area contributed by atoms with E-state index in [1.807, 2.05) is 0 Å². The van der Waals surface area contributed by atoms with Gasteiger partial charge in [0.2, 0.25) is 0 Å². The molecule has 17 heavy (non-hydrogen) atoms. The van der Waals surface area contributed by atoms with Gasteiger partial charge < -0.3 is 9.84 Å². The van der Waals surface area contributed by atoms with Crippen LogP contribution in [0.15, 0.2) is 18.2 Å². The van der Waals surface area contributed by atoms with Crippen molar-refractivity contribution in [1.82, 2.24) is 0 Å². The number of halogens is 1. The Kier molecular flexibility index (Phi) is 5.42. The van der Waals surface area contributed by atoms with Crippen LogP contribution in [-0.2, 0) is 0 Å². The van der Waals surface area contributed by atoms with Gasteiger partial charge in [-0.05, 0) is 31.4 Å². The molecule has 0 fully saturated rings. The zero-order chi connectivity index (χ0) is 12.8. The van der Waals surface area contributed by atoms with Crippen molar-refractivity contribution in [1.29, 1.82) is 0 Å². The molecule has 0 saturated heterocycles. The van der Waals surface area contributed by atoms with Crippen LogP contribution in [0.3, 0.4) is 0 Å². The minimum absolute atomic E-state index is 0.305. The molecule has 0 saturated carbocycles. The summed E-state index contributed by atoms with van der Waals surface area (Å²) in [5.74, 6) is 0.579. The average molecular weight is 240 g/mol. The molecule has 0 aliphatic carbocycles. The second-order valence-corrected chi connectivity index (χ2v) is 4.56. The van der Waals surface area contributed by atoms with Crippen molar-refractivity contribution in [3.05, 3.63) is 29.6 Å². The normalized spacial score (nSPS) is 14.4. The largest absolute Gasteiger partial charge is 0.493 e. The van der Waals surface area contributed by atoms with Gasteiger partial charge >= 0.3 is 0 Å². The molecule has 0 heterocycles. The number of aliphatic hydroxyl groups excluding tert-OH is 1. The highest BCUT2D eigenvalue weighted by molar-refractivity contribution is 5.29. The third-order valence-electron chi connectivity index (χ3n) is 2.74. The Bertz CT molecular complexity index is 350. The van der Waals surface area contributed by atoms with Crippen molar-refractivity contribution < 1.29 is 14.2 Å². The summed E-state index contributed by atoms with van der Waals surface area (Å²) in [5, 5.41) is 9.30. The highest BCUT2D eigenvalue weighted by atomic mass is 19.1. The zero-order valence-electron chi connectivity index (χ0n) is 10.7. The van der Waals surface area contributed by atoms with Gasteiger partial charge in [0.25, 0.3) is 0 Å². The van der Waals surface area contributed by atoms with Gasteiger partial charge in [-0.15, -0.1) is 0 Å². The molecular formula is C14H21FO2. The molecule has 0 amide bonds. The molecular weight excluding hydrogens is 219 g/mol. The van der Waals surface area contributed by atoms with E-state index in [1.165, 1.54) is 6.07 Å². The van der Waals surface area contributed by atoms with Crippen LogP contribution in [0.2, 0.25) is 0 Å². The summed E-state index contributed by atoms with van der Waals surface area (Å²) in [6.07, 6.45) is 1.44. The number of benzene rings is 1. The van der Waals surface area contributed by atoms with E-state index < -0.39 is 11.9 Å². The fourth-order valence-corrected chi connectivity index (χ4v) is 1.75. The highest BCUT2D eigenvalue weighted by Gasteiger charge is 2.09. The van der Waals surface area contributed by atoms with Crippen LogP contribution in [0.25, 0.3) is 0 Å². The fraction of sp³-hybridized carbons (Fsp3) is 0.571. The lowest BCUT2D eigenvalue weighted by molar-refractivity contribution is 0.193.